The molecule has 2 heterocycles. The summed E-state index contributed by atoms with van der Waals surface area (Å²) in [4.78, 5) is 10.5. The van der Waals surface area contributed by atoms with E-state index in [9.17, 15) is 0 Å². The molecule has 0 bridgehead atoms. The lowest BCUT2D eigenvalue weighted by molar-refractivity contribution is -0.580. The highest BCUT2D eigenvalue weighted by Crippen LogP contribution is 2.31. The molecule has 0 spiro atoms. The number of pyridine rings is 1. The van der Waals surface area contributed by atoms with Crippen molar-refractivity contribution in [1.29, 1.82) is 0 Å². The van der Waals surface area contributed by atoms with Gasteiger partial charge in [0.25, 0.3) is 0 Å². The van der Waals surface area contributed by atoms with Crippen molar-refractivity contribution >= 4 is 0 Å². The monoisotopic (exact) mass is 538 g/mol. The van der Waals surface area contributed by atoms with Crippen molar-refractivity contribution in [1.82, 2.24) is 9.97 Å². The number of aromatic nitrogens is 3. The molecule has 3 nitrogen and oxygen atoms in total. The van der Waals surface area contributed by atoms with Crippen LogP contribution >= 0.6 is 0 Å². The smallest absolute Gasteiger partial charge is 0.191 e. The van der Waals surface area contributed by atoms with Gasteiger partial charge >= 0.3 is 5.95 Å². The van der Waals surface area contributed by atoms with Crippen LogP contribution in [0.4, 0.5) is 0 Å². The Morgan fingerprint density at radius 3 is 1.02 bits per heavy atom. The van der Waals surface area contributed by atoms with E-state index in [1.54, 1.807) is 0 Å². The van der Waals surface area contributed by atoms with Gasteiger partial charge in [-0.1, -0.05) is 162 Å². The van der Waals surface area contributed by atoms with Crippen LogP contribution in [0, 0.1) is 0 Å². The average Bonchev–Trinajstić information content (AvgIpc) is 3.09. The van der Waals surface area contributed by atoms with E-state index in [-0.39, 0.29) is 0 Å². The molecule has 7 rings (SSSR count). The first-order valence-electron chi connectivity index (χ1n) is 14.1. The fourth-order valence-corrected chi connectivity index (χ4v) is 5.30. The van der Waals surface area contributed by atoms with Crippen LogP contribution in [0.5, 0.6) is 0 Å². The molecule has 42 heavy (non-hydrogen) atoms. The SMILES string of the molecule is c1ccc(-c2cc(-c3ccccc3)[n+](-c3nc(-c4ccccc4)cc(-c4ccccc4)n3)c(-c3ccccc3)c2)cc1. The van der Waals surface area contributed by atoms with Gasteiger partial charge in [-0.05, 0) is 23.3 Å². The van der Waals surface area contributed by atoms with Gasteiger partial charge in [0.2, 0.25) is 0 Å². The molecule has 0 aliphatic rings. The normalized spacial score (nSPS) is 10.9. The lowest BCUT2D eigenvalue weighted by Gasteiger charge is -2.16. The largest absolute Gasteiger partial charge is 0.439 e. The minimum absolute atomic E-state index is 0.618. The van der Waals surface area contributed by atoms with Crippen molar-refractivity contribution in [2.75, 3.05) is 0 Å². The molecular formula is C39H28N3+. The molecule has 7 aromatic rings. The lowest BCUT2D eigenvalue weighted by atomic mass is 9.99. The van der Waals surface area contributed by atoms with E-state index in [4.69, 9.17) is 9.97 Å². The Hall–Kier alpha value is -5.67. The van der Waals surface area contributed by atoms with Crippen molar-refractivity contribution in [3.05, 3.63) is 170 Å². The van der Waals surface area contributed by atoms with E-state index < -0.39 is 0 Å². The van der Waals surface area contributed by atoms with Gasteiger partial charge in [-0.25, -0.2) is 0 Å². The maximum absolute atomic E-state index is 5.23. The van der Waals surface area contributed by atoms with Gasteiger partial charge in [-0.15, -0.1) is 0 Å². The molecule has 0 amide bonds. The molecule has 0 aliphatic carbocycles. The number of rotatable bonds is 6. The van der Waals surface area contributed by atoms with E-state index in [2.05, 4.69) is 126 Å². The van der Waals surface area contributed by atoms with Crippen LogP contribution in [0.25, 0.3) is 62.1 Å². The fraction of sp³-hybridized carbons (Fsp3) is 0. The van der Waals surface area contributed by atoms with E-state index in [1.165, 1.54) is 0 Å². The summed E-state index contributed by atoms with van der Waals surface area (Å²) in [5.74, 6) is 0.618. The molecule has 0 aliphatic heterocycles. The third kappa shape index (κ3) is 5.12. The number of hydrogen-bond donors (Lipinski definition) is 0. The third-order valence-electron chi connectivity index (χ3n) is 7.37. The zero-order valence-electron chi connectivity index (χ0n) is 23.0. The molecule has 3 heteroatoms. The fourth-order valence-electron chi connectivity index (χ4n) is 5.30. The summed E-state index contributed by atoms with van der Waals surface area (Å²) in [6.45, 7) is 0. The Balaban J connectivity index is 1.58. The number of hydrogen-bond acceptors (Lipinski definition) is 2. The molecule has 0 fully saturated rings. The minimum atomic E-state index is 0.618. The van der Waals surface area contributed by atoms with Crippen LogP contribution in [-0.4, -0.2) is 9.97 Å². The van der Waals surface area contributed by atoms with Gasteiger partial charge < -0.3 is 0 Å². The summed E-state index contributed by atoms with van der Waals surface area (Å²) < 4.78 is 2.20. The topological polar surface area (TPSA) is 29.7 Å². The quantitative estimate of drug-likeness (QED) is 0.198. The first-order chi connectivity index (χ1) is 20.8. The molecule has 0 unspecified atom stereocenters. The summed E-state index contributed by atoms with van der Waals surface area (Å²) >= 11 is 0. The number of benzene rings is 5. The summed E-state index contributed by atoms with van der Waals surface area (Å²) in [5.41, 5.74) is 10.3. The van der Waals surface area contributed by atoms with Crippen LogP contribution in [-0.2, 0) is 0 Å². The predicted octanol–water partition coefficient (Wildman–Crippen LogP) is 9.09. The first kappa shape index (κ1) is 25.3. The van der Waals surface area contributed by atoms with E-state index in [0.29, 0.717) is 5.95 Å². The summed E-state index contributed by atoms with van der Waals surface area (Å²) in [7, 11) is 0. The maximum Gasteiger partial charge on any atom is 0.439 e. The second-order valence-electron chi connectivity index (χ2n) is 10.1. The van der Waals surface area contributed by atoms with Gasteiger partial charge in [0.15, 0.2) is 11.4 Å². The van der Waals surface area contributed by atoms with Crippen LogP contribution in [0.15, 0.2) is 170 Å². The highest BCUT2D eigenvalue weighted by Gasteiger charge is 2.26. The molecule has 0 radical (unpaired) electrons. The van der Waals surface area contributed by atoms with Gasteiger partial charge in [0.1, 0.15) is 11.4 Å². The standard InChI is InChI=1S/C39H28N3/c1-6-16-29(17-7-1)34-26-37(32-22-12-4-13-23-32)42(38(27-34)33-24-14-5-15-25-33)39-40-35(30-18-8-2-9-19-30)28-36(41-39)31-20-10-3-11-21-31/h1-28H/q+1. The second kappa shape index (κ2) is 11.4. The third-order valence-corrected chi connectivity index (χ3v) is 7.37. The zero-order chi connectivity index (χ0) is 28.1. The van der Waals surface area contributed by atoms with Crippen LogP contribution < -0.4 is 4.57 Å². The number of nitrogens with zero attached hydrogens (tertiary/aromatic N) is 3. The van der Waals surface area contributed by atoms with E-state index in [0.717, 1.165) is 56.2 Å². The molecular weight excluding hydrogens is 510 g/mol. The molecule has 0 atom stereocenters. The Labute approximate surface area is 246 Å². The van der Waals surface area contributed by atoms with Gasteiger partial charge in [0.05, 0.1) is 0 Å². The summed E-state index contributed by atoms with van der Waals surface area (Å²) in [6, 6.07) is 58.7. The van der Waals surface area contributed by atoms with Crippen molar-refractivity contribution in [3.8, 4) is 62.1 Å². The van der Waals surface area contributed by atoms with Crippen molar-refractivity contribution in [2.45, 2.75) is 0 Å². The minimum Gasteiger partial charge on any atom is -0.191 e. The predicted molar refractivity (Wildman–Crippen MR) is 171 cm³/mol. The summed E-state index contributed by atoms with van der Waals surface area (Å²) in [6.07, 6.45) is 0. The van der Waals surface area contributed by atoms with Crippen molar-refractivity contribution < 1.29 is 4.57 Å². The lowest BCUT2D eigenvalue weighted by Crippen LogP contribution is -2.39. The Morgan fingerprint density at radius 2 is 0.643 bits per heavy atom. The maximum atomic E-state index is 5.23. The zero-order valence-corrected chi connectivity index (χ0v) is 23.0. The average molecular weight is 539 g/mol. The molecule has 5 aromatic carbocycles. The van der Waals surface area contributed by atoms with E-state index >= 15 is 0 Å². The second-order valence-corrected chi connectivity index (χ2v) is 10.1. The van der Waals surface area contributed by atoms with Crippen LogP contribution in [0.3, 0.4) is 0 Å². The van der Waals surface area contributed by atoms with Gasteiger partial charge in [-0.3, -0.25) is 0 Å². The highest BCUT2D eigenvalue weighted by atomic mass is 15.2. The molecule has 0 saturated carbocycles. The Bertz CT molecular complexity index is 1820. The highest BCUT2D eigenvalue weighted by molar-refractivity contribution is 5.75. The van der Waals surface area contributed by atoms with Gasteiger partial charge in [-0.2, -0.15) is 4.57 Å². The van der Waals surface area contributed by atoms with Gasteiger partial charge in [0, 0.05) is 28.3 Å². The van der Waals surface area contributed by atoms with Crippen LogP contribution in [0.1, 0.15) is 0 Å². The molecule has 0 saturated heterocycles. The summed E-state index contributed by atoms with van der Waals surface area (Å²) in [5, 5.41) is 0. The first-order valence-corrected chi connectivity index (χ1v) is 14.1. The molecule has 198 valence electrons. The van der Waals surface area contributed by atoms with E-state index in [1.807, 2.05) is 48.5 Å². The Kier molecular flexibility index (Phi) is 6.89. The van der Waals surface area contributed by atoms with Crippen molar-refractivity contribution in [3.63, 3.8) is 0 Å². The van der Waals surface area contributed by atoms with Crippen molar-refractivity contribution in [2.24, 2.45) is 0 Å². The Morgan fingerprint density at radius 1 is 0.310 bits per heavy atom. The molecule has 0 N–H and O–H groups in total. The molecule has 2 aromatic heterocycles. The van der Waals surface area contributed by atoms with Crippen LogP contribution in [0.2, 0.25) is 0 Å².